The number of hydrogen-bond donors (Lipinski definition) is 2. The Morgan fingerprint density at radius 1 is 1.21 bits per heavy atom. The molecule has 0 aliphatic rings. The average Bonchev–Trinajstić information content (AvgIpc) is 2.36. The average molecular weight is 284 g/mol. The second-order valence-electron chi connectivity index (χ2n) is 4.70. The first kappa shape index (κ1) is 16.0. The number of nitrogens with zero attached hydrogens (tertiary/aromatic N) is 2. The maximum atomic E-state index is 5.66. The molecule has 0 radical (unpaired) electrons. The normalized spacial score (nSPS) is 11.4. The van der Waals surface area contributed by atoms with Gasteiger partial charge in [-0.15, -0.1) is 0 Å². The zero-order chi connectivity index (χ0) is 14.3. The predicted molar refractivity (Wildman–Crippen MR) is 82.2 cm³/mol. The van der Waals surface area contributed by atoms with Crippen LogP contribution in [0.4, 0.5) is 11.6 Å². The fraction of sp³-hybridized carbons (Fsp3) is 0.692. The van der Waals surface area contributed by atoms with Crippen LogP contribution in [0.25, 0.3) is 0 Å². The molecule has 0 unspecified atom stereocenters. The number of hydrogen-bond acceptors (Lipinski definition) is 6. The minimum atomic E-state index is -0.211. The van der Waals surface area contributed by atoms with Crippen molar-refractivity contribution in [2.75, 3.05) is 36.6 Å². The molecule has 0 amide bonds. The summed E-state index contributed by atoms with van der Waals surface area (Å²) in [6.45, 7) is 10.4. The van der Waals surface area contributed by atoms with Crippen LogP contribution in [0.15, 0.2) is 11.2 Å². The van der Waals surface area contributed by atoms with E-state index in [-0.39, 0.29) is 5.60 Å². The molecule has 6 heteroatoms. The van der Waals surface area contributed by atoms with E-state index in [1.165, 1.54) is 11.8 Å². The molecule has 0 saturated heterocycles. The van der Waals surface area contributed by atoms with Crippen LogP contribution in [0.1, 0.15) is 27.7 Å². The number of nitrogens with one attached hydrogen (secondary N) is 2. The van der Waals surface area contributed by atoms with Crippen molar-refractivity contribution in [3.8, 4) is 0 Å². The van der Waals surface area contributed by atoms with E-state index in [1.807, 2.05) is 26.2 Å². The molecule has 1 heterocycles. The van der Waals surface area contributed by atoms with Crippen molar-refractivity contribution in [3.05, 3.63) is 6.07 Å². The lowest BCUT2D eigenvalue weighted by Gasteiger charge is -2.25. The maximum absolute atomic E-state index is 5.66. The van der Waals surface area contributed by atoms with Gasteiger partial charge in [0.05, 0.1) is 5.60 Å². The van der Waals surface area contributed by atoms with Crippen molar-refractivity contribution in [1.82, 2.24) is 9.97 Å². The minimum absolute atomic E-state index is 0.211. The highest BCUT2D eigenvalue weighted by Gasteiger charge is 2.17. The number of anilines is 2. The second kappa shape index (κ2) is 7.55. The Hall–Kier alpha value is -1.01. The van der Waals surface area contributed by atoms with Crippen LogP contribution in [0.2, 0.25) is 0 Å². The third kappa shape index (κ3) is 5.65. The van der Waals surface area contributed by atoms with E-state index in [4.69, 9.17) is 4.74 Å². The third-order valence-electron chi connectivity index (χ3n) is 2.48. The number of ether oxygens (including phenoxy) is 1. The molecule has 108 valence electrons. The zero-order valence-electron chi connectivity index (χ0n) is 12.4. The first-order valence-electron chi connectivity index (χ1n) is 6.55. The highest BCUT2D eigenvalue weighted by molar-refractivity contribution is 7.98. The lowest BCUT2D eigenvalue weighted by atomic mass is 10.1. The summed E-state index contributed by atoms with van der Waals surface area (Å²) < 4.78 is 5.66. The molecule has 0 bridgehead atoms. The number of thioether (sulfide) groups is 1. The lowest BCUT2D eigenvalue weighted by molar-refractivity contribution is 0.000633. The molecule has 0 atom stereocenters. The third-order valence-corrected chi connectivity index (χ3v) is 3.02. The van der Waals surface area contributed by atoms with E-state index in [2.05, 4.69) is 34.4 Å². The van der Waals surface area contributed by atoms with Crippen molar-refractivity contribution in [3.63, 3.8) is 0 Å². The number of aromatic nitrogens is 2. The van der Waals surface area contributed by atoms with Gasteiger partial charge in [-0.1, -0.05) is 11.8 Å². The zero-order valence-corrected chi connectivity index (χ0v) is 13.2. The summed E-state index contributed by atoms with van der Waals surface area (Å²) in [5, 5.41) is 7.28. The summed E-state index contributed by atoms with van der Waals surface area (Å²) in [4.78, 5) is 8.83. The van der Waals surface area contributed by atoms with Gasteiger partial charge in [0.15, 0.2) is 5.16 Å². The van der Waals surface area contributed by atoms with Crippen molar-refractivity contribution < 1.29 is 4.74 Å². The van der Waals surface area contributed by atoms with Crippen LogP contribution < -0.4 is 10.6 Å². The predicted octanol–water partition coefficient (Wildman–Crippen LogP) is 2.86. The molecule has 1 rings (SSSR count). The Balaban J connectivity index is 2.74. The van der Waals surface area contributed by atoms with Crippen LogP contribution in [0.3, 0.4) is 0 Å². The van der Waals surface area contributed by atoms with Gasteiger partial charge in [-0.25, -0.2) is 9.97 Å². The van der Waals surface area contributed by atoms with E-state index < -0.39 is 0 Å². The molecule has 0 aromatic carbocycles. The van der Waals surface area contributed by atoms with E-state index >= 15 is 0 Å². The van der Waals surface area contributed by atoms with Gasteiger partial charge in [0, 0.05) is 25.8 Å². The minimum Gasteiger partial charge on any atom is -0.374 e. The van der Waals surface area contributed by atoms with Gasteiger partial charge in [0.2, 0.25) is 0 Å². The molecule has 5 nitrogen and oxygen atoms in total. The molecule has 0 saturated carbocycles. The van der Waals surface area contributed by atoms with Crippen LogP contribution >= 0.6 is 11.8 Å². The number of rotatable bonds is 8. The standard InChI is InChI=1S/C13H24N4OS/c1-6-14-10-8-11(17-12(16-10)19-5)15-9-13(3,4)18-7-2/h8H,6-7,9H2,1-5H3,(H2,14,15,16,17). The van der Waals surface area contributed by atoms with E-state index in [0.717, 1.165) is 23.3 Å². The fourth-order valence-electron chi connectivity index (χ4n) is 1.62. The van der Waals surface area contributed by atoms with Crippen molar-refractivity contribution in [1.29, 1.82) is 0 Å². The molecule has 0 aliphatic carbocycles. The van der Waals surface area contributed by atoms with Crippen LogP contribution in [-0.2, 0) is 4.74 Å². The molecule has 1 aromatic rings. The first-order valence-corrected chi connectivity index (χ1v) is 7.78. The monoisotopic (exact) mass is 284 g/mol. The van der Waals surface area contributed by atoms with Crippen molar-refractivity contribution in [2.24, 2.45) is 0 Å². The Morgan fingerprint density at radius 3 is 2.37 bits per heavy atom. The molecular formula is C13H24N4OS. The van der Waals surface area contributed by atoms with E-state index in [0.29, 0.717) is 13.2 Å². The lowest BCUT2D eigenvalue weighted by Crippen LogP contribution is -2.33. The molecule has 2 N–H and O–H groups in total. The summed E-state index contributed by atoms with van der Waals surface area (Å²) in [7, 11) is 0. The summed E-state index contributed by atoms with van der Waals surface area (Å²) in [5.74, 6) is 1.67. The molecular weight excluding hydrogens is 260 g/mol. The largest absolute Gasteiger partial charge is 0.374 e. The molecule has 19 heavy (non-hydrogen) atoms. The van der Waals surface area contributed by atoms with Gasteiger partial charge >= 0.3 is 0 Å². The Labute approximate surface area is 119 Å². The van der Waals surface area contributed by atoms with Crippen LogP contribution in [0, 0.1) is 0 Å². The van der Waals surface area contributed by atoms with E-state index in [1.54, 1.807) is 0 Å². The second-order valence-corrected chi connectivity index (χ2v) is 5.48. The maximum Gasteiger partial charge on any atom is 0.191 e. The molecule has 1 aromatic heterocycles. The van der Waals surface area contributed by atoms with Gasteiger partial charge in [-0.2, -0.15) is 0 Å². The van der Waals surface area contributed by atoms with E-state index in [9.17, 15) is 0 Å². The van der Waals surface area contributed by atoms with Crippen LogP contribution in [-0.4, -0.2) is 41.5 Å². The van der Waals surface area contributed by atoms with Gasteiger partial charge in [-0.05, 0) is 34.0 Å². The van der Waals surface area contributed by atoms with Gasteiger partial charge < -0.3 is 15.4 Å². The highest BCUT2D eigenvalue weighted by atomic mass is 32.2. The van der Waals surface area contributed by atoms with Gasteiger partial charge in [0.1, 0.15) is 11.6 Å². The Kier molecular flexibility index (Phi) is 6.37. The topological polar surface area (TPSA) is 59.1 Å². The van der Waals surface area contributed by atoms with Crippen molar-refractivity contribution in [2.45, 2.75) is 38.5 Å². The van der Waals surface area contributed by atoms with Crippen molar-refractivity contribution >= 4 is 23.4 Å². The van der Waals surface area contributed by atoms with Gasteiger partial charge in [-0.3, -0.25) is 0 Å². The summed E-state index contributed by atoms with van der Waals surface area (Å²) in [5.41, 5.74) is -0.211. The quantitative estimate of drug-likeness (QED) is 0.565. The molecule has 0 aliphatic heterocycles. The van der Waals surface area contributed by atoms with Gasteiger partial charge in [0.25, 0.3) is 0 Å². The summed E-state index contributed by atoms with van der Waals surface area (Å²) in [6.07, 6.45) is 1.97. The SMILES string of the molecule is CCNc1cc(NCC(C)(C)OCC)nc(SC)n1. The first-order chi connectivity index (χ1) is 9.00. The summed E-state index contributed by atoms with van der Waals surface area (Å²) in [6, 6.07) is 1.92. The van der Waals surface area contributed by atoms with Crippen LogP contribution in [0.5, 0.6) is 0 Å². The summed E-state index contributed by atoms with van der Waals surface area (Å²) >= 11 is 1.53. The fourth-order valence-corrected chi connectivity index (χ4v) is 2.00. The molecule has 0 spiro atoms. The molecule has 0 fully saturated rings. The Bertz CT molecular complexity index is 398. The Morgan fingerprint density at radius 2 is 1.84 bits per heavy atom. The smallest absolute Gasteiger partial charge is 0.191 e. The highest BCUT2D eigenvalue weighted by Crippen LogP contribution is 2.18.